The Labute approximate surface area is 118 Å². The molecular formula is C15H20N2O3. The van der Waals surface area contributed by atoms with Crippen LogP contribution in [0.1, 0.15) is 25.6 Å². The van der Waals surface area contributed by atoms with Gasteiger partial charge in [-0.05, 0) is 32.0 Å². The maximum atomic E-state index is 10.5. The topological polar surface area (TPSA) is 56.5 Å². The van der Waals surface area contributed by atoms with Gasteiger partial charge in [-0.1, -0.05) is 18.2 Å². The predicted molar refractivity (Wildman–Crippen MR) is 75.6 cm³/mol. The summed E-state index contributed by atoms with van der Waals surface area (Å²) >= 11 is 0. The van der Waals surface area contributed by atoms with Crippen LogP contribution in [0.5, 0.6) is 0 Å². The number of aliphatic hydroxyl groups excluding tert-OH is 1. The van der Waals surface area contributed by atoms with Gasteiger partial charge in [0.05, 0.1) is 11.4 Å². The lowest BCUT2D eigenvalue weighted by atomic mass is 10.2. The Morgan fingerprint density at radius 3 is 2.35 bits per heavy atom. The molecule has 0 aliphatic carbocycles. The molecule has 1 N–H and O–H groups in total. The summed E-state index contributed by atoms with van der Waals surface area (Å²) in [4.78, 5) is 0. The molecule has 0 radical (unpaired) electrons. The zero-order valence-corrected chi connectivity index (χ0v) is 11.8. The molecule has 1 heterocycles. The highest BCUT2D eigenvalue weighted by atomic mass is 16.7. The van der Waals surface area contributed by atoms with E-state index in [1.807, 2.05) is 44.2 Å². The van der Waals surface area contributed by atoms with Crippen molar-refractivity contribution in [3.05, 3.63) is 48.3 Å². The molecule has 1 atom stereocenters. The van der Waals surface area contributed by atoms with E-state index in [-0.39, 0.29) is 0 Å². The number of aliphatic hydroxyl groups is 1. The molecule has 108 valence electrons. The largest absolute Gasteiger partial charge is 0.381 e. The van der Waals surface area contributed by atoms with Gasteiger partial charge in [0.25, 0.3) is 0 Å². The summed E-state index contributed by atoms with van der Waals surface area (Å²) in [5.74, 6) is 0. The fourth-order valence-corrected chi connectivity index (χ4v) is 2.02. The third-order valence-corrected chi connectivity index (χ3v) is 2.90. The van der Waals surface area contributed by atoms with E-state index >= 15 is 0 Å². The first kappa shape index (κ1) is 14.7. The van der Waals surface area contributed by atoms with Crippen molar-refractivity contribution in [2.75, 3.05) is 13.2 Å². The minimum atomic E-state index is -0.891. The normalized spacial score (nSPS) is 12.8. The Morgan fingerprint density at radius 2 is 1.75 bits per heavy atom. The first-order chi connectivity index (χ1) is 9.77. The molecule has 0 aliphatic rings. The number of ether oxygens (including phenoxy) is 2. The second kappa shape index (κ2) is 7.19. The van der Waals surface area contributed by atoms with Crippen LogP contribution in [-0.2, 0) is 9.47 Å². The van der Waals surface area contributed by atoms with Crippen LogP contribution in [0.2, 0.25) is 0 Å². The van der Waals surface area contributed by atoms with Gasteiger partial charge in [-0.15, -0.1) is 0 Å². The SMILES string of the molecule is CCOC(OCC)C(O)c1ccnn1-c1ccccc1. The zero-order valence-electron chi connectivity index (χ0n) is 11.8. The van der Waals surface area contributed by atoms with Gasteiger partial charge in [-0.25, -0.2) is 4.68 Å². The average molecular weight is 276 g/mol. The van der Waals surface area contributed by atoms with Crippen LogP contribution >= 0.6 is 0 Å². The minimum absolute atomic E-state index is 0.473. The van der Waals surface area contributed by atoms with E-state index in [1.165, 1.54) is 0 Å². The summed E-state index contributed by atoms with van der Waals surface area (Å²) in [7, 11) is 0. The number of hydrogen-bond donors (Lipinski definition) is 1. The lowest BCUT2D eigenvalue weighted by molar-refractivity contribution is -0.193. The highest BCUT2D eigenvalue weighted by Gasteiger charge is 2.25. The Balaban J connectivity index is 2.26. The van der Waals surface area contributed by atoms with E-state index in [0.717, 1.165) is 5.69 Å². The molecule has 0 fully saturated rings. The van der Waals surface area contributed by atoms with Crippen LogP contribution < -0.4 is 0 Å². The summed E-state index contributed by atoms with van der Waals surface area (Å²) in [6.07, 6.45) is 0.0716. The van der Waals surface area contributed by atoms with Gasteiger partial charge >= 0.3 is 0 Å². The van der Waals surface area contributed by atoms with E-state index in [1.54, 1.807) is 16.9 Å². The van der Waals surface area contributed by atoms with Crippen LogP contribution in [0.25, 0.3) is 5.69 Å². The first-order valence-corrected chi connectivity index (χ1v) is 6.78. The maximum absolute atomic E-state index is 10.5. The smallest absolute Gasteiger partial charge is 0.189 e. The number of hydrogen-bond acceptors (Lipinski definition) is 4. The second-order valence-electron chi connectivity index (χ2n) is 4.23. The van der Waals surface area contributed by atoms with Gasteiger partial charge in [0.1, 0.15) is 6.10 Å². The number of nitrogens with zero attached hydrogens (tertiary/aromatic N) is 2. The Morgan fingerprint density at radius 1 is 1.10 bits per heavy atom. The molecule has 1 aromatic carbocycles. The molecule has 20 heavy (non-hydrogen) atoms. The van der Waals surface area contributed by atoms with E-state index < -0.39 is 12.4 Å². The van der Waals surface area contributed by atoms with Crippen molar-refractivity contribution in [2.24, 2.45) is 0 Å². The quantitative estimate of drug-likeness (QED) is 0.788. The molecule has 0 amide bonds. The van der Waals surface area contributed by atoms with E-state index in [9.17, 15) is 5.11 Å². The summed E-state index contributed by atoms with van der Waals surface area (Å²) in [6, 6.07) is 11.4. The highest BCUT2D eigenvalue weighted by molar-refractivity contribution is 5.32. The molecule has 0 bridgehead atoms. The summed E-state index contributed by atoms with van der Waals surface area (Å²) in [5, 5.41) is 14.7. The maximum Gasteiger partial charge on any atom is 0.189 e. The molecule has 5 nitrogen and oxygen atoms in total. The van der Waals surface area contributed by atoms with Crippen molar-refractivity contribution < 1.29 is 14.6 Å². The third kappa shape index (κ3) is 3.25. The van der Waals surface area contributed by atoms with E-state index in [0.29, 0.717) is 18.9 Å². The molecule has 2 aromatic rings. The van der Waals surface area contributed by atoms with Gasteiger partial charge in [-0.2, -0.15) is 5.10 Å². The third-order valence-electron chi connectivity index (χ3n) is 2.90. The monoisotopic (exact) mass is 276 g/mol. The van der Waals surface area contributed by atoms with Gasteiger partial charge in [0.2, 0.25) is 0 Å². The fourth-order valence-electron chi connectivity index (χ4n) is 2.02. The second-order valence-corrected chi connectivity index (χ2v) is 4.23. The summed E-state index contributed by atoms with van der Waals surface area (Å²) in [5.41, 5.74) is 1.53. The van der Waals surface area contributed by atoms with Crippen LogP contribution in [0, 0.1) is 0 Å². The van der Waals surface area contributed by atoms with Crippen LogP contribution in [0.4, 0.5) is 0 Å². The van der Waals surface area contributed by atoms with Crippen molar-refractivity contribution in [2.45, 2.75) is 26.2 Å². The molecule has 2 rings (SSSR count). The molecule has 0 saturated heterocycles. The van der Waals surface area contributed by atoms with E-state index in [2.05, 4.69) is 5.10 Å². The predicted octanol–water partition coefficient (Wildman–Crippen LogP) is 2.30. The molecule has 5 heteroatoms. The van der Waals surface area contributed by atoms with Crippen LogP contribution in [0.15, 0.2) is 42.6 Å². The minimum Gasteiger partial charge on any atom is -0.381 e. The van der Waals surface area contributed by atoms with Gasteiger partial charge in [-0.3, -0.25) is 0 Å². The van der Waals surface area contributed by atoms with Gasteiger partial charge in [0, 0.05) is 19.4 Å². The molecule has 1 unspecified atom stereocenters. The number of rotatable bonds is 7. The van der Waals surface area contributed by atoms with E-state index in [4.69, 9.17) is 9.47 Å². The molecule has 0 spiro atoms. The number of aromatic nitrogens is 2. The van der Waals surface area contributed by atoms with Crippen LogP contribution in [0.3, 0.4) is 0 Å². The van der Waals surface area contributed by atoms with Gasteiger partial charge in [0.15, 0.2) is 6.29 Å². The Kier molecular flexibility index (Phi) is 5.29. The fraction of sp³-hybridized carbons (Fsp3) is 0.400. The Bertz CT molecular complexity index is 507. The molecular weight excluding hydrogens is 256 g/mol. The molecule has 1 aromatic heterocycles. The van der Waals surface area contributed by atoms with Crippen molar-refractivity contribution in [1.29, 1.82) is 0 Å². The van der Waals surface area contributed by atoms with Crippen molar-refractivity contribution in [1.82, 2.24) is 9.78 Å². The summed E-state index contributed by atoms with van der Waals surface area (Å²) < 4.78 is 12.6. The molecule has 0 aliphatic heterocycles. The lowest BCUT2D eigenvalue weighted by Crippen LogP contribution is -2.27. The standard InChI is InChI=1S/C15H20N2O3/c1-3-19-15(20-4-2)14(18)13-10-11-16-17(13)12-8-6-5-7-9-12/h5-11,14-15,18H,3-4H2,1-2H3. The van der Waals surface area contributed by atoms with Crippen molar-refractivity contribution >= 4 is 0 Å². The van der Waals surface area contributed by atoms with Crippen molar-refractivity contribution in [3.8, 4) is 5.69 Å². The zero-order chi connectivity index (χ0) is 14.4. The van der Waals surface area contributed by atoms with Crippen molar-refractivity contribution in [3.63, 3.8) is 0 Å². The average Bonchev–Trinajstić information content (AvgIpc) is 2.96. The first-order valence-electron chi connectivity index (χ1n) is 6.78. The van der Waals surface area contributed by atoms with Crippen LogP contribution in [-0.4, -0.2) is 34.4 Å². The summed E-state index contributed by atoms with van der Waals surface area (Å²) in [6.45, 7) is 4.68. The lowest BCUT2D eigenvalue weighted by Gasteiger charge is -2.23. The number of para-hydroxylation sites is 1. The number of benzene rings is 1. The Hall–Kier alpha value is -1.69. The van der Waals surface area contributed by atoms with Gasteiger partial charge < -0.3 is 14.6 Å². The highest BCUT2D eigenvalue weighted by Crippen LogP contribution is 2.22. The molecule has 0 saturated carbocycles.